The van der Waals surface area contributed by atoms with Crippen molar-refractivity contribution in [2.75, 3.05) is 26.4 Å². The van der Waals surface area contributed by atoms with E-state index in [4.69, 9.17) is 0 Å². The summed E-state index contributed by atoms with van der Waals surface area (Å²) in [6.07, 6.45) is 5.77. The highest BCUT2D eigenvalue weighted by atomic mass is 32.2. The van der Waals surface area contributed by atoms with Gasteiger partial charge in [0.15, 0.2) is 0 Å². The van der Waals surface area contributed by atoms with Gasteiger partial charge in [-0.05, 0) is 42.4 Å². The Morgan fingerprint density at radius 3 is 2.09 bits per heavy atom. The van der Waals surface area contributed by atoms with Crippen LogP contribution in [0, 0.1) is 22.7 Å². The van der Waals surface area contributed by atoms with Gasteiger partial charge in [0.1, 0.15) is 17.6 Å². The standard InChI is InChI=1S/C32H54N6O7S/c1-11-19-15-16-38(23(19)26(40)36-32(17-20(32)12-2)25(39)27(41)33-21-13-14-21)28(42)24(31(6,7)8)35-29(43)34-22(30(3,4)5)18-37(9)46(10,44)45/h11,19-24H,1,12-18H2,2-10H3,(H,33,41)(H,36,40)(H2,34,35,43)/t19-,20-,22+,23-,24+,32+/m0/s1. The van der Waals surface area contributed by atoms with E-state index < -0.39 is 80.0 Å². The van der Waals surface area contributed by atoms with Gasteiger partial charge < -0.3 is 26.2 Å². The number of hydrogen-bond donors (Lipinski definition) is 4. The van der Waals surface area contributed by atoms with E-state index in [0.29, 0.717) is 19.3 Å². The Hall–Kier alpha value is -3.00. The predicted octanol–water partition coefficient (Wildman–Crippen LogP) is 1.54. The number of rotatable bonds is 13. The fourth-order valence-corrected chi connectivity index (χ4v) is 6.43. The summed E-state index contributed by atoms with van der Waals surface area (Å²) in [5, 5.41) is 11.3. The highest BCUT2D eigenvalue weighted by Crippen LogP contribution is 2.47. The normalized spacial score (nSPS) is 26.1. The molecule has 0 aromatic carbocycles. The van der Waals surface area contributed by atoms with Crippen LogP contribution in [0.5, 0.6) is 0 Å². The number of urea groups is 1. The Morgan fingerprint density at radius 2 is 1.63 bits per heavy atom. The number of amides is 5. The van der Waals surface area contributed by atoms with E-state index >= 15 is 0 Å². The zero-order chi connectivity index (χ0) is 35.0. The van der Waals surface area contributed by atoms with Crippen molar-refractivity contribution < 1.29 is 32.4 Å². The molecule has 3 aliphatic rings. The fourth-order valence-electron chi connectivity index (χ4n) is 6.01. The lowest BCUT2D eigenvalue weighted by molar-refractivity contribution is -0.145. The lowest BCUT2D eigenvalue weighted by atomic mass is 9.85. The summed E-state index contributed by atoms with van der Waals surface area (Å²) in [7, 11) is -2.07. The van der Waals surface area contributed by atoms with E-state index in [-0.39, 0.29) is 25.0 Å². The predicted molar refractivity (Wildman–Crippen MR) is 175 cm³/mol. The molecule has 6 atom stereocenters. The fraction of sp³-hybridized carbons (Fsp3) is 0.781. The summed E-state index contributed by atoms with van der Waals surface area (Å²) in [5.74, 6) is -2.95. The Labute approximate surface area is 274 Å². The van der Waals surface area contributed by atoms with E-state index in [1.165, 1.54) is 11.9 Å². The molecule has 3 rings (SSSR count). The Bertz CT molecular complexity index is 1330. The van der Waals surface area contributed by atoms with E-state index in [2.05, 4.69) is 27.8 Å². The van der Waals surface area contributed by atoms with Crippen molar-refractivity contribution in [3.63, 3.8) is 0 Å². The van der Waals surface area contributed by atoms with Gasteiger partial charge in [0, 0.05) is 38.1 Å². The van der Waals surface area contributed by atoms with Crippen molar-refractivity contribution in [3.05, 3.63) is 12.7 Å². The molecule has 3 fully saturated rings. The van der Waals surface area contributed by atoms with Gasteiger partial charge in [-0.3, -0.25) is 19.2 Å². The second-order valence-corrected chi connectivity index (χ2v) is 17.5. The molecule has 13 nitrogen and oxygen atoms in total. The average Bonchev–Trinajstić information content (AvgIpc) is 3.84. The van der Waals surface area contributed by atoms with E-state index in [1.54, 1.807) is 26.8 Å². The van der Waals surface area contributed by atoms with Crippen molar-refractivity contribution in [3.8, 4) is 0 Å². The third kappa shape index (κ3) is 8.67. The number of ketones is 1. The Balaban J connectivity index is 1.82. The van der Waals surface area contributed by atoms with Gasteiger partial charge in [0.2, 0.25) is 27.6 Å². The molecule has 260 valence electrons. The minimum atomic E-state index is -3.50. The molecule has 0 bridgehead atoms. The molecule has 4 N–H and O–H groups in total. The molecule has 5 amide bonds. The van der Waals surface area contributed by atoms with Crippen molar-refractivity contribution in [2.45, 2.75) is 110 Å². The number of nitrogens with one attached hydrogen (secondary N) is 4. The summed E-state index contributed by atoms with van der Waals surface area (Å²) in [6.45, 7) is 17.1. The maximum atomic E-state index is 14.2. The molecular formula is C32H54N6O7S. The van der Waals surface area contributed by atoms with Crippen molar-refractivity contribution in [2.24, 2.45) is 22.7 Å². The van der Waals surface area contributed by atoms with Gasteiger partial charge in [-0.1, -0.05) is 61.0 Å². The molecule has 1 aliphatic heterocycles. The van der Waals surface area contributed by atoms with Crippen LogP contribution >= 0.6 is 0 Å². The molecule has 1 heterocycles. The molecule has 14 heteroatoms. The highest BCUT2D eigenvalue weighted by molar-refractivity contribution is 7.88. The van der Waals surface area contributed by atoms with Gasteiger partial charge in [0.25, 0.3) is 5.91 Å². The first-order valence-corrected chi connectivity index (χ1v) is 18.0. The van der Waals surface area contributed by atoms with E-state index in [9.17, 15) is 32.4 Å². The first-order valence-electron chi connectivity index (χ1n) is 16.2. The van der Waals surface area contributed by atoms with Gasteiger partial charge in [0.05, 0.1) is 6.26 Å². The maximum absolute atomic E-state index is 14.2. The molecule has 46 heavy (non-hydrogen) atoms. The number of Topliss-reactive ketones (excluding diaryl/α,β-unsaturated/α-hetero) is 1. The number of hydrogen-bond acceptors (Lipinski definition) is 7. The van der Waals surface area contributed by atoms with Crippen molar-refractivity contribution in [1.29, 1.82) is 0 Å². The zero-order valence-electron chi connectivity index (χ0n) is 28.9. The van der Waals surface area contributed by atoms with Crippen LogP contribution in [-0.2, 0) is 29.2 Å². The Kier molecular flexibility index (Phi) is 11.1. The first-order chi connectivity index (χ1) is 21.1. The molecule has 1 saturated heterocycles. The second kappa shape index (κ2) is 13.6. The SMILES string of the molecule is C=C[C@H]1CCN(C(=O)[C@@H](NC(=O)N[C@H](CN(C)S(C)(=O)=O)C(C)(C)C)C(C)(C)C)[C@@H]1C(=O)N[C@]1(C(=O)C(=O)NC2CC2)C[C@@H]1CC. The number of sulfonamides is 1. The minimum absolute atomic E-state index is 0.00517. The lowest BCUT2D eigenvalue weighted by Crippen LogP contribution is -2.62. The molecule has 0 aromatic rings. The van der Waals surface area contributed by atoms with E-state index in [0.717, 1.165) is 23.4 Å². The van der Waals surface area contributed by atoms with Crippen LogP contribution in [0.1, 0.15) is 80.6 Å². The van der Waals surface area contributed by atoms with Gasteiger partial charge in [-0.2, -0.15) is 0 Å². The van der Waals surface area contributed by atoms with Crippen LogP contribution in [0.3, 0.4) is 0 Å². The van der Waals surface area contributed by atoms with Gasteiger partial charge >= 0.3 is 6.03 Å². The lowest BCUT2D eigenvalue weighted by Gasteiger charge is -2.38. The van der Waals surface area contributed by atoms with Crippen LogP contribution < -0.4 is 21.3 Å². The molecule has 0 radical (unpaired) electrons. The smallest absolute Gasteiger partial charge is 0.315 e. The summed E-state index contributed by atoms with van der Waals surface area (Å²) >= 11 is 0. The van der Waals surface area contributed by atoms with Crippen LogP contribution in [0.2, 0.25) is 0 Å². The number of carbonyl (C=O) groups excluding carboxylic acids is 5. The molecular weight excluding hydrogens is 612 g/mol. The summed E-state index contributed by atoms with van der Waals surface area (Å²) in [6, 6.07) is -3.28. The third-order valence-electron chi connectivity index (χ3n) is 9.51. The number of likely N-dealkylation sites (tertiary alicyclic amines) is 1. The van der Waals surface area contributed by atoms with Crippen molar-refractivity contribution >= 4 is 39.6 Å². The minimum Gasteiger partial charge on any atom is -0.347 e. The average molecular weight is 667 g/mol. The summed E-state index contributed by atoms with van der Waals surface area (Å²) < 4.78 is 25.3. The molecule has 0 unspecified atom stereocenters. The van der Waals surface area contributed by atoms with Gasteiger partial charge in [-0.25, -0.2) is 17.5 Å². The number of likely N-dealkylation sites (N-methyl/N-ethyl adjacent to an activating group) is 1. The van der Waals surface area contributed by atoms with Crippen LogP contribution in [0.4, 0.5) is 4.79 Å². The quantitative estimate of drug-likeness (QED) is 0.170. The van der Waals surface area contributed by atoms with Crippen LogP contribution in [-0.4, -0.2) is 103 Å². The van der Waals surface area contributed by atoms with Crippen LogP contribution in [0.25, 0.3) is 0 Å². The molecule has 2 saturated carbocycles. The number of nitrogens with zero attached hydrogens (tertiary/aromatic N) is 2. The third-order valence-corrected chi connectivity index (χ3v) is 10.8. The summed E-state index contributed by atoms with van der Waals surface area (Å²) in [5.41, 5.74) is -2.60. The molecule has 0 spiro atoms. The molecule has 2 aliphatic carbocycles. The topological polar surface area (TPSA) is 174 Å². The first kappa shape index (κ1) is 37.5. The molecule has 0 aromatic heterocycles. The maximum Gasteiger partial charge on any atom is 0.315 e. The van der Waals surface area contributed by atoms with Crippen molar-refractivity contribution in [1.82, 2.24) is 30.5 Å². The zero-order valence-corrected chi connectivity index (χ0v) is 29.7. The van der Waals surface area contributed by atoms with Gasteiger partial charge in [-0.15, -0.1) is 6.58 Å². The van der Waals surface area contributed by atoms with E-state index in [1.807, 2.05) is 27.7 Å². The second-order valence-electron chi connectivity index (χ2n) is 15.4. The highest BCUT2D eigenvalue weighted by Gasteiger charge is 2.63. The number of carbonyl (C=O) groups is 5. The largest absolute Gasteiger partial charge is 0.347 e. The Morgan fingerprint density at radius 1 is 1.02 bits per heavy atom. The summed E-state index contributed by atoms with van der Waals surface area (Å²) in [4.78, 5) is 69.0. The monoisotopic (exact) mass is 666 g/mol. The van der Waals surface area contributed by atoms with Crippen LogP contribution in [0.15, 0.2) is 12.7 Å².